The van der Waals surface area contributed by atoms with Gasteiger partial charge in [-0.15, -0.1) is 0 Å². The van der Waals surface area contributed by atoms with Crippen molar-refractivity contribution in [3.8, 4) is 0 Å². The van der Waals surface area contributed by atoms with Crippen molar-refractivity contribution in [2.75, 3.05) is 14.1 Å². The van der Waals surface area contributed by atoms with Gasteiger partial charge in [-0.2, -0.15) is 0 Å². The zero-order valence-corrected chi connectivity index (χ0v) is 20.7. The van der Waals surface area contributed by atoms with E-state index in [1.807, 2.05) is 14.1 Å². The van der Waals surface area contributed by atoms with Crippen molar-refractivity contribution in [3.05, 3.63) is 68.9 Å². The highest BCUT2D eigenvalue weighted by Gasteiger charge is 2.28. The predicted octanol–water partition coefficient (Wildman–Crippen LogP) is 7.63. The average molecular weight is 393 g/mol. The molecule has 0 atom stereocenters. The van der Waals surface area contributed by atoms with Crippen LogP contribution in [0.3, 0.4) is 0 Å². The van der Waals surface area contributed by atoms with Gasteiger partial charge >= 0.3 is 0 Å². The fourth-order valence-electron chi connectivity index (χ4n) is 3.33. The van der Waals surface area contributed by atoms with E-state index in [1.54, 1.807) is 0 Å². The molecule has 158 valence electrons. The van der Waals surface area contributed by atoms with Gasteiger partial charge in [0.05, 0.1) is 11.4 Å². The Balaban J connectivity index is 3.73. The van der Waals surface area contributed by atoms with E-state index in [9.17, 15) is 0 Å². The number of hydrogen-bond donors (Lipinski definition) is 0. The molecule has 0 fully saturated rings. The molecular weight excluding hydrogens is 352 g/mol. The van der Waals surface area contributed by atoms with Gasteiger partial charge in [0.25, 0.3) is 0 Å². The van der Waals surface area contributed by atoms with Crippen LogP contribution in [0.4, 0.5) is 0 Å². The van der Waals surface area contributed by atoms with E-state index >= 15 is 0 Å². The molecule has 29 heavy (non-hydrogen) atoms. The van der Waals surface area contributed by atoms with Gasteiger partial charge in [-0.25, -0.2) is 0 Å². The Morgan fingerprint density at radius 2 is 1.03 bits per heavy atom. The van der Waals surface area contributed by atoms with Gasteiger partial charge < -0.3 is 0 Å². The Labute approximate surface area is 179 Å². The van der Waals surface area contributed by atoms with Crippen LogP contribution in [-0.2, 0) is 0 Å². The molecule has 0 heterocycles. The number of allylic oxidation sites excluding steroid dienone is 12. The largest absolute Gasteiger partial charge is 0.286 e. The topological polar surface area (TPSA) is 24.7 Å². The summed E-state index contributed by atoms with van der Waals surface area (Å²) in [5.74, 6) is 0. The maximum atomic E-state index is 4.68. The second-order valence-electron chi connectivity index (χ2n) is 9.19. The molecular formula is C27H40N2. The van der Waals surface area contributed by atoms with Gasteiger partial charge in [-0.1, -0.05) is 56.2 Å². The van der Waals surface area contributed by atoms with Crippen molar-refractivity contribution in [1.29, 1.82) is 0 Å². The van der Waals surface area contributed by atoms with Gasteiger partial charge in [0.15, 0.2) is 0 Å². The third-order valence-corrected chi connectivity index (χ3v) is 5.68. The Morgan fingerprint density at radius 3 is 1.34 bits per heavy atom. The van der Waals surface area contributed by atoms with Crippen LogP contribution in [0, 0.1) is 5.41 Å². The molecule has 0 radical (unpaired) electrons. The zero-order chi connectivity index (χ0) is 22.5. The highest BCUT2D eigenvalue weighted by Crippen LogP contribution is 2.34. The quantitative estimate of drug-likeness (QED) is 0.347. The van der Waals surface area contributed by atoms with Crippen LogP contribution >= 0.6 is 0 Å². The van der Waals surface area contributed by atoms with Gasteiger partial charge in [-0.05, 0) is 76.2 Å². The molecule has 0 bridgehead atoms. The Hall–Kier alpha value is -2.22. The molecule has 0 aromatic rings. The monoisotopic (exact) mass is 392 g/mol. The Kier molecular flexibility index (Phi) is 8.56. The first kappa shape index (κ1) is 24.8. The lowest BCUT2D eigenvalue weighted by atomic mass is 9.78. The lowest BCUT2D eigenvalue weighted by molar-refractivity contribution is 0.504. The van der Waals surface area contributed by atoms with Crippen LogP contribution in [0.25, 0.3) is 0 Å². The lowest BCUT2D eigenvalue weighted by Crippen LogP contribution is -2.27. The molecule has 0 aliphatic heterocycles. The standard InChI is InChI=1S/C27H40N2/c1-17(2)13-14-18(3)23-21(6)22(7)24(26(29-12)25(23)28-11)19(4)15-16-20(5)27(8,9)10/h13-16H,1-12H3/b18-14+,19-15+,20-16+,28-25?,29-26?. The molecule has 1 aliphatic rings. The SMILES string of the molecule is CN=C1C(=NC)C(/C(C)=C/C=C(\C)C(C)(C)C)=C(C)C(C)=C1/C(C)=C/C=C(C)C. The fourth-order valence-corrected chi connectivity index (χ4v) is 3.33. The summed E-state index contributed by atoms with van der Waals surface area (Å²) < 4.78 is 0. The molecule has 2 nitrogen and oxygen atoms in total. The zero-order valence-electron chi connectivity index (χ0n) is 20.7. The van der Waals surface area contributed by atoms with E-state index in [0.717, 1.165) is 11.4 Å². The number of hydrogen-bond acceptors (Lipinski definition) is 2. The first-order valence-corrected chi connectivity index (χ1v) is 10.4. The van der Waals surface area contributed by atoms with Gasteiger partial charge in [0.1, 0.15) is 0 Å². The molecule has 0 unspecified atom stereocenters. The second-order valence-corrected chi connectivity index (χ2v) is 9.19. The highest BCUT2D eigenvalue weighted by molar-refractivity contribution is 6.56. The second kappa shape index (κ2) is 10.0. The van der Waals surface area contributed by atoms with Gasteiger partial charge in [0, 0.05) is 25.2 Å². The Bertz CT molecular complexity index is 895. The predicted molar refractivity (Wildman–Crippen MR) is 132 cm³/mol. The number of aliphatic imine (C=N–C) groups is 2. The van der Waals surface area contributed by atoms with E-state index in [4.69, 9.17) is 0 Å². The number of rotatable bonds is 4. The summed E-state index contributed by atoms with van der Waals surface area (Å²) in [7, 11) is 3.73. The van der Waals surface area contributed by atoms with Crippen molar-refractivity contribution >= 4 is 11.4 Å². The third kappa shape index (κ3) is 5.88. The highest BCUT2D eigenvalue weighted by atomic mass is 14.8. The summed E-state index contributed by atoms with van der Waals surface area (Å²) >= 11 is 0. The smallest absolute Gasteiger partial charge is 0.0906 e. The van der Waals surface area contributed by atoms with E-state index in [0.29, 0.717) is 0 Å². The minimum Gasteiger partial charge on any atom is -0.286 e. The molecule has 0 aromatic heterocycles. The summed E-state index contributed by atoms with van der Waals surface area (Å²) in [6, 6.07) is 0. The molecule has 1 aliphatic carbocycles. The van der Waals surface area contributed by atoms with Gasteiger partial charge in [0.2, 0.25) is 0 Å². The molecule has 0 aromatic carbocycles. The van der Waals surface area contributed by atoms with Crippen LogP contribution in [-0.4, -0.2) is 25.5 Å². The van der Waals surface area contributed by atoms with Crippen molar-refractivity contribution in [2.45, 2.75) is 69.2 Å². The van der Waals surface area contributed by atoms with Crippen LogP contribution in [0.2, 0.25) is 0 Å². The summed E-state index contributed by atoms with van der Waals surface area (Å²) in [5, 5.41) is 0. The maximum absolute atomic E-state index is 4.68. The molecule has 0 spiro atoms. The molecule has 0 saturated carbocycles. The van der Waals surface area contributed by atoms with Crippen LogP contribution in [0.5, 0.6) is 0 Å². The van der Waals surface area contributed by atoms with E-state index in [-0.39, 0.29) is 5.41 Å². The molecule has 1 rings (SSSR count). The fraction of sp³-hybridized carbons (Fsp3) is 0.481. The van der Waals surface area contributed by atoms with E-state index in [2.05, 4.69) is 104 Å². The molecule has 0 saturated heterocycles. The van der Waals surface area contributed by atoms with Crippen molar-refractivity contribution in [1.82, 2.24) is 0 Å². The van der Waals surface area contributed by atoms with Gasteiger partial charge in [-0.3, -0.25) is 9.98 Å². The van der Waals surface area contributed by atoms with E-state index in [1.165, 1.54) is 44.6 Å². The minimum atomic E-state index is 0.167. The van der Waals surface area contributed by atoms with Crippen LogP contribution in [0.15, 0.2) is 78.9 Å². The summed E-state index contributed by atoms with van der Waals surface area (Å²) in [6.07, 6.45) is 8.80. The summed E-state index contributed by atoms with van der Waals surface area (Å²) in [5.41, 5.74) is 12.1. The first-order chi connectivity index (χ1) is 13.4. The first-order valence-electron chi connectivity index (χ1n) is 10.4. The van der Waals surface area contributed by atoms with E-state index < -0.39 is 0 Å². The molecule has 2 heteroatoms. The normalized spacial score (nSPS) is 20.2. The van der Waals surface area contributed by atoms with Crippen LogP contribution < -0.4 is 0 Å². The minimum absolute atomic E-state index is 0.167. The summed E-state index contributed by atoms with van der Waals surface area (Å²) in [6.45, 7) is 21.9. The van der Waals surface area contributed by atoms with Crippen LogP contribution in [0.1, 0.15) is 69.2 Å². The van der Waals surface area contributed by atoms with Crippen molar-refractivity contribution in [2.24, 2.45) is 15.4 Å². The van der Waals surface area contributed by atoms with Crippen molar-refractivity contribution in [3.63, 3.8) is 0 Å². The average Bonchev–Trinajstić information content (AvgIpc) is 2.64. The Morgan fingerprint density at radius 1 is 0.655 bits per heavy atom. The third-order valence-electron chi connectivity index (χ3n) is 5.68. The molecule has 0 N–H and O–H groups in total. The number of nitrogens with zero attached hydrogens (tertiary/aromatic N) is 2. The maximum Gasteiger partial charge on any atom is 0.0906 e. The summed E-state index contributed by atoms with van der Waals surface area (Å²) in [4.78, 5) is 9.35. The van der Waals surface area contributed by atoms with Crippen molar-refractivity contribution < 1.29 is 0 Å². The molecule has 0 amide bonds. The lowest BCUT2D eigenvalue weighted by Gasteiger charge is -2.27.